The van der Waals surface area contributed by atoms with Crippen LogP contribution in [-0.2, 0) is 0 Å². The molecule has 2 rings (SSSR count). The van der Waals surface area contributed by atoms with Crippen molar-refractivity contribution in [1.82, 2.24) is 5.32 Å². The third-order valence-corrected chi connectivity index (χ3v) is 3.16. The third-order valence-electron chi connectivity index (χ3n) is 3.16. The van der Waals surface area contributed by atoms with E-state index in [1.165, 1.54) is 0 Å². The molecule has 1 fully saturated rings. The van der Waals surface area contributed by atoms with Crippen molar-refractivity contribution in [1.29, 1.82) is 0 Å². The van der Waals surface area contributed by atoms with Crippen LogP contribution >= 0.6 is 0 Å². The maximum atomic E-state index is 13.7. The summed E-state index contributed by atoms with van der Waals surface area (Å²) >= 11 is 0. The largest absolute Gasteiger partial charge is 0.378 e. The predicted octanol–water partition coefficient (Wildman–Crippen LogP) is 2.43. The molecule has 1 aromatic carbocycles. The monoisotopic (exact) mass is 271 g/mol. The number of halogens is 2. The average molecular weight is 271 g/mol. The van der Waals surface area contributed by atoms with Crippen molar-refractivity contribution in [2.45, 2.75) is 25.3 Å². The van der Waals surface area contributed by atoms with Crippen LogP contribution in [0.1, 0.15) is 19.3 Å². The van der Waals surface area contributed by atoms with Gasteiger partial charge < -0.3 is 10.6 Å². The minimum absolute atomic E-state index is 0.0274. The van der Waals surface area contributed by atoms with Crippen molar-refractivity contribution in [2.75, 3.05) is 18.4 Å². The molecule has 1 aliphatic heterocycles. The fourth-order valence-electron chi connectivity index (χ4n) is 2.17. The maximum absolute atomic E-state index is 13.7. The lowest BCUT2D eigenvalue weighted by Crippen LogP contribution is -2.22. The van der Waals surface area contributed by atoms with Gasteiger partial charge in [0.2, 0.25) is 0 Å². The average Bonchev–Trinajstić information content (AvgIpc) is 2.61. The van der Waals surface area contributed by atoms with Crippen LogP contribution in [0.5, 0.6) is 0 Å². The van der Waals surface area contributed by atoms with Crippen LogP contribution in [0.3, 0.4) is 0 Å². The molecular weight excluding hydrogens is 256 g/mol. The number of nitrogens with zero attached hydrogens (tertiary/aromatic N) is 1. The van der Waals surface area contributed by atoms with Crippen molar-refractivity contribution in [2.24, 2.45) is 0 Å². The number of nitrogens with one attached hydrogen (secondary N) is 2. The summed E-state index contributed by atoms with van der Waals surface area (Å²) in [6.07, 6.45) is 2.49. The first-order chi connectivity index (χ1) is 9.08. The molecule has 2 N–H and O–H groups in total. The van der Waals surface area contributed by atoms with Gasteiger partial charge in [-0.25, -0.2) is 8.78 Å². The number of hydrogen-bond acceptors (Lipinski definition) is 4. The van der Waals surface area contributed by atoms with Crippen LogP contribution in [0.2, 0.25) is 0 Å². The van der Waals surface area contributed by atoms with E-state index >= 15 is 0 Å². The molecule has 1 atom stereocenters. The Morgan fingerprint density at radius 3 is 2.58 bits per heavy atom. The van der Waals surface area contributed by atoms with Crippen LogP contribution < -0.4 is 10.6 Å². The summed E-state index contributed by atoms with van der Waals surface area (Å²) in [5.41, 5.74) is -0.861. The van der Waals surface area contributed by atoms with E-state index in [4.69, 9.17) is 0 Å². The Morgan fingerprint density at radius 2 is 1.95 bits per heavy atom. The molecule has 1 heterocycles. The zero-order valence-corrected chi connectivity index (χ0v) is 10.3. The summed E-state index contributed by atoms with van der Waals surface area (Å²) in [5.74, 6) is -1.85. The van der Waals surface area contributed by atoms with Gasteiger partial charge in [-0.2, -0.15) is 0 Å². The molecule has 1 aliphatic rings. The van der Waals surface area contributed by atoms with Gasteiger partial charge in [-0.1, -0.05) is 0 Å². The van der Waals surface area contributed by atoms with Crippen molar-refractivity contribution in [3.8, 4) is 0 Å². The second kappa shape index (κ2) is 5.92. The van der Waals surface area contributed by atoms with Gasteiger partial charge in [-0.05, 0) is 32.4 Å². The van der Waals surface area contributed by atoms with Crippen molar-refractivity contribution in [3.05, 3.63) is 33.9 Å². The smallest absolute Gasteiger partial charge is 0.275 e. The lowest BCUT2D eigenvalue weighted by Gasteiger charge is -2.18. The SMILES string of the molecule is O=[N+]([O-])c1cc(F)c(NC2CCCNCC2)c(F)c1. The van der Waals surface area contributed by atoms with E-state index in [0.29, 0.717) is 0 Å². The number of nitro groups is 1. The highest BCUT2D eigenvalue weighted by Gasteiger charge is 2.20. The molecule has 1 unspecified atom stereocenters. The van der Waals surface area contributed by atoms with Gasteiger partial charge in [0, 0.05) is 6.04 Å². The number of non-ortho nitro benzene ring substituents is 1. The third kappa shape index (κ3) is 3.37. The number of benzene rings is 1. The summed E-state index contributed by atoms with van der Waals surface area (Å²) in [6.45, 7) is 1.68. The minimum Gasteiger partial charge on any atom is -0.378 e. The van der Waals surface area contributed by atoms with Gasteiger partial charge in [0.15, 0.2) is 11.6 Å². The van der Waals surface area contributed by atoms with Gasteiger partial charge in [-0.3, -0.25) is 10.1 Å². The van der Waals surface area contributed by atoms with Gasteiger partial charge in [0.05, 0.1) is 17.1 Å². The molecule has 0 bridgehead atoms. The second-order valence-electron chi connectivity index (χ2n) is 4.56. The van der Waals surface area contributed by atoms with E-state index in [9.17, 15) is 18.9 Å². The molecule has 1 saturated heterocycles. The van der Waals surface area contributed by atoms with Crippen molar-refractivity contribution < 1.29 is 13.7 Å². The van der Waals surface area contributed by atoms with Crippen molar-refractivity contribution >= 4 is 11.4 Å². The highest BCUT2D eigenvalue weighted by atomic mass is 19.1. The van der Waals surface area contributed by atoms with Crippen LogP contribution in [0.15, 0.2) is 12.1 Å². The lowest BCUT2D eigenvalue weighted by atomic mass is 10.1. The minimum atomic E-state index is -0.927. The van der Waals surface area contributed by atoms with E-state index in [1.807, 2.05) is 0 Å². The molecular formula is C12H15F2N3O2. The second-order valence-corrected chi connectivity index (χ2v) is 4.56. The highest BCUT2D eigenvalue weighted by molar-refractivity contribution is 5.52. The first kappa shape index (κ1) is 13.7. The molecule has 0 saturated carbocycles. The van der Waals surface area contributed by atoms with Crippen LogP contribution in [-0.4, -0.2) is 24.1 Å². The summed E-state index contributed by atoms with van der Waals surface area (Å²) < 4.78 is 27.4. The lowest BCUT2D eigenvalue weighted by molar-refractivity contribution is -0.385. The maximum Gasteiger partial charge on any atom is 0.275 e. The van der Waals surface area contributed by atoms with E-state index < -0.39 is 22.2 Å². The molecule has 1 aromatic rings. The van der Waals surface area contributed by atoms with E-state index in [1.54, 1.807) is 0 Å². The van der Waals surface area contributed by atoms with Crippen LogP contribution in [0.4, 0.5) is 20.2 Å². The van der Waals surface area contributed by atoms with Crippen LogP contribution in [0.25, 0.3) is 0 Å². The Balaban J connectivity index is 2.17. The number of hydrogen-bond donors (Lipinski definition) is 2. The predicted molar refractivity (Wildman–Crippen MR) is 67.1 cm³/mol. The standard InChI is InChI=1S/C12H15F2N3O2/c13-10-6-9(17(18)19)7-11(14)12(10)16-8-2-1-4-15-5-3-8/h6-8,15-16H,1-5H2. The quantitative estimate of drug-likeness (QED) is 0.654. The Morgan fingerprint density at radius 1 is 1.26 bits per heavy atom. The van der Waals surface area contributed by atoms with E-state index in [0.717, 1.165) is 44.5 Å². The van der Waals surface area contributed by atoms with Gasteiger partial charge in [0.1, 0.15) is 5.69 Å². The molecule has 19 heavy (non-hydrogen) atoms. The Bertz CT molecular complexity index is 451. The number of anilines is 1. The summed E-state index contributed by atoms with van der Waals surface area (Å²) in [5, 5.41) is 16.5. The van der Waals surface area contributed by atoms with Gasteiger partial charge in [0.25, 0.3) is 5.69 Å². The topological polar surface area (TPSA) is 67.2 Å². The molecule has 7 heteroatoms. The summed E-state index contributed by atoms with van der Waals surface area (Å²) in [4.78, 5) is 9.68. The zero-order valence-electron chi connectivity index (χ0n) is 10.3. The first-order valence-electron chi connectivity index (χ1n) is 6.18. The van der Waals surface area contributed by atoms with Crippen LogP contribution in [0, 0.1) is 21.7 Å². The van der Waals surface area contributed by atoms with Gasteiger partial charge >= 0.3 is 0 Å². The fourth-order valence-corrected chi connectivity index (χ4v) is 2.17. The van der Waals surface area contributed by atoms with E-state index in [2.05, 4.69) is 10.6 Å². The zero-order chi connectivity index (χ0) is 13.8. The Hall–Kier alpha value is -1.76. The molecule has 5 nitrogen and oxygen atoms in total. The molecule has 0 spiro atoms. The molecule has 0 aliphatic carbocycles. The molecule has 104 valence electrons. The van der Waals surface area contributed by atoms with E-state index in [-0.39, 0.29) is 11.7 Å². The molecule has 0 radical (unpaired) electrons. The summed E-state index contributed by atoms with van der Waals surface area (Å²) in [7, 11) is 0. The number of nitro benzene ring substituents is 1. The molecule has 0 amide bonds. The normalized spacial score (nSPS) is 19.8. The fraction of sp³-hybridized carbons (Fsp3) is 0.500. The molecule has 0 aromatic heterocycles. The Kier molecular flexibility index (Phi) is 4.26. The number of rotatable bonds is 3. The summed E-state index contributed by atoms with van der Waals surface area (Å²) in [6, 6.07) is 1.45. The van der Waals surface area contributed by atoms with Gasteiger partial charge in [-0.15, -0.1) is 0 Å². The Labute approximate surface area is 109 Å². The highest BCUT2D eigenvalue weighted by Crippen LogP contribution is 2.26. The first-order valence-corrected chi connectivity index (χ1v) is 6.18. The van der Waals surface area contributed by atoms with Crippen molar-refractivity contribution in [3.63, 3.8) is 0 Å².